The smallest absolute Gasteiger partial charge is 0.254 e. The summed E-state index contributed by atoms with van der Waals surface area (Å²) >= 11 is 0. The zero-order valence-corrected chi connectivity index (χ0v) is 17.8. The number of nitrogens with one attached hydrogen (secondary N) is 1. The van der Waals surface area contributed by atoms with Crippen molar-refractivity contribution in [2.24, 2.45) is 0 Å². The first-order valence-electron chi connectivity index (χ1n) is 10.3. The molecule has 29 heavy (non-hydrogen) atoms. The van der Waals surface area contributed by atoms with Gasteiger partial charge in [-0.05, 0) is 45.4 Å². The minimum atomic E-state index is -0.183. The summed E-state index contributed by atoms with van der Waals surface area (Å²) in [6, 6.07) is 9.64. The molecule has 0 aliphatic carbocycles. The molecule has 0 radical (unpaired) electrons. The summed E-state index contributed by atoms with van der Waals surface area (Å²) in [6.45, 7) is 6.04. The molecular formula is C22H31N5O2. The molecule has 7 nitrogen and oxygen atoms in total. The Labute approximate surface area is 172 Å². The molecule has 156 valence electrons. The number of carbonyl (C=O) groups is 2. The Hall–Kier alpha value is -2.67. The van der Waals surface area contributed by atoms with E-state index in [4.69, 9.17) is 5.10 Å². The molecule has 0 saturated carbocycles. The molecule has 2 amide bonds. The first kappa shape index (κ1) is 21.0. The first-order chi connectivity index (χ1) is 13.9. The quantitative estimate of drug-likeness (QED) is 0.812. The summed E-state index contributed by atoms with van der Waals surface area (Å²) in [7, 11) is 3.57. The molecular weight excluding hydrogens is 366 g/mol. The lowest BCUT2D eigenvalue weighted by molar-refractivity contribution is -0.134. The van der Waals surface area contributed by atoms with Gasteiger partial charge >= 0.3 is 0 Å². The average Bonchev–Trinajstić information content (AvgIpc) is 3.19. The largest absolute Gasteiger partial charge is 0.352 e. The zero-order valence-electron chi connectivity index (χ0n) is 17.8. The van der Waals surface area contributed by atoms with Gasteiger partial charge in [-0.3, -0.25) is 14.5 Å². The van der Waals surface area contributed by atoms with Crippen LogP contribution in [0.3, 0.4) is 0 Å². The third-order valence-electron chi connectivity index (χ3n) is 5.53. The summed E-state index contributed by atoms with van der Waals surface area (Å²) in [6.07, 6.45) is 3.75. The van der Waals surface area contributed by atoms with Crippen LogP contribution in [0.15, 0.2) is 36.5 Å². The molecule has 2 aromatic rings. The van der Waals surface area contributed by atoms with E-state index >= 15 is 0 Å². The number of carbonyl (C=O) groups excluding carboxylic acids is 2. The number of benzene rings is 1. The maximum absolute atomic E-state index is 12.7. The highest BCUT2D eigenvalue weighted by Crippen LogP contribution is 2.30. The Kier molecular flexibility index (Phi) is 6.69. The lowest BCUT2D eigenvalue weighted by Crippen LogP contribution is -2.48. The van der Waals surface area contributed by atoms with Crippen molar-refractivity contribution in [2.75, 3.05) is 33.7 Å². The fraction of sp³-hybridized carbons (Fsp3) is 0.500. The normalized spacial score (nSPS) is 18.3. The lowest BCUT2D eigenvalue weighted by atomic mass is 9.91. The third-order valence-corrected chi connectivity index (χ3v) is 5.53. The molecule has 0 bridgehead atoms. The van der Waals surface area contributed by atoms with Crippen LogP contribution in [0.2, 0.25) is 0 Å². The molecule has 0 spiro atoms. The summed E-state index contributed by atoms with van der Waals surface area (Å²) in [5.41, 5.74) is 2.36. The summed E-state index contributed by atoms with van der Waals surface area (Å²) in [5.74, 6) is 0.118. The van der Waals surface area contributed by atoms with E-state index in [1.165, 1.54) is 0 Å². The zero-order chi connectivity index (χ0) is 21.0. The van der Waals surface area contributed by atoms with E-state index in [1.54, 1.807) is 23.7 Å². The number of likely N-dealkylation sites (N-methyl/N-ethyl adjacent to an activating group) is 1. The monoisotopic (exact) mass is 397 g/mol. The molecule has 7 heteroatoms. The number of amides is 2. The van der Waals surface area contributed by atoms with Gasteiger partial charge in [0.25, 0.3) is 5.91 Å². The third kappa shape index (κ3) is 4.67. The van der Waals surface area contributed by atoms with E-state index in [-0.39, 0.29) is 23.8 Å². The van der Waals surface area contributed by atoms with Gasteiger partial charge in [0.2, 0.25) is 5.91 Å². The lowest BCUT2D eigenvalue weighted by Gasteiger charge is -2.36. The second kappa shape index (κ2) is 9.22. The van der Waals surface area contributed by atoms with Crippen molar-refractivity contribution < 1.29 is 9.59 Å². The van der Waals surface area contributed by atoms with Gasteiger partial charge in [0, 0.05) is 39.3 Å². The van der Waals surface area contributed by atoms with Crippen LogP contribution in [0.4, 0.5) is 0 Å². The summed E-state index contributed by atoms with van der Waals surface area (Å²) < 4.78 is 1.78. The van der Waals surface area contributed by atoms with Crippen LogP contribution in [-0.4, -0.2) is 71.2 Å². The number of likely N-dealkylation sites (tertiary alicyclic amines) is 1. The van der Waals surface area contributed by atoms with Crippen LogP contribution in [0.25, 0.3) is 5.69 Å². The number of nitrogens with zero attached hydrogens (tertiary/aromatic N) is 4. The maximum atomic E-state index is 12.7. The fourth-order valence-corrected chi connectivity index (χ4v) is 3.94. The van der Waals surface area contributed by atoms with Crippen molar-refractivity contribution in [3.63, 3.8) is 0 Å². The molecule has 1 fully saturated rings. The Bertz CT molecular complexity index is 846. The van der Waals surface area contributed by atoms with Crippen molar-refractivity contribution >= 4 is 11.8 Å². The number of aromatic nitrogens is 2. The maximum Gasteiger partial charge on any atom is 0.254 e. The summed E-state index contributed by atoms with van der Waals surface area (Å²) in [4.78, 5) is 29.0. The van der Waals surface area contributed by atoms with Gasteiger partial charge in [-0.15, -0.1) is 0 Å². The number of hydrogen-bond donors (Lipinski definition) is 1. The molecule has 2 heterocycles. The highest BCUT2D eigenvalue weighted by molar-refractivity contribution is 5.95. The molecule has 1 aliphatic heterocycles. The van der Waals surface area contributed by atoms with Crippen LogP contribution < -0.4 is 5.32 Å². The van der Waals surface area contributed by atoms with Crippen LogP contribution >= 0.6 is 0 Å². The van der Waals surface area contributed by atoms with Crippen LogP contribution in [0.5, 0.6) is 0 Å². The van der Waals surface area contributed by atoms with Crippen LogP contribution in [0.1, 0.15) is 48.7 Å². The van der Waals surface area contributed by atoms with Crippen molar-refractivity contribution in [2.45, 2.75) is 38.6 Å². The van der Waals surface area contributed by atoms with Crippen molar-refractivity contribution in [3.05, 3.63) is 47.8 Å². The molecule has 1 N–H and O–H groups in total. The average molecular weight is 398 g/mol. The molecule has 1 saturated heterocycles. The number of rotatable bonds is 6. The highest BCUT2D eigenvalue weighted by Gasteiger charge is 2.32. The number of para-hydroxylation sites is 1. The molecule has 0 unspecified atom stereocenters. The molecule has 1 aromatic heterocycles. The van der Waals surface area contributed by atoms with Gasteiger partial charge in [-0.2, -0.15) is 5.10 Å². The number of hydrogen-bond acceptors (Lipinski definition) is 4. The molecule has 1 aromatic carbocycles. The Morgan fingerprint density at radius 3 is 2.66 bits per heavy atom. The van der Waals surface area contributed by atoms with Gasteiger partial charge in [0.15, 0.2) is 0 Å². The fourth-order valence-electron chi connectivity index (χ4n) is 3.94. The predicted molar refractivity (Wildman–Crippen MR) is 113 cm³/mol. The number of piperidine rings is 1. The molecule has 2 atom stereocenters. The van der Waals surface area contributed by atoms with Gasteiger partial charge in [-0.1, -0.05) is 18.2 Å². The van der Waals surface area contributed by atoms with Crippen LogP contribution in [0, 0.1) is 0 Å². The van der Waals surface area contributed by atoms with Crippen molar-refractivity contribution in [1.82, 2.24) is 24.9 Å². The van der Waals surface area contributed by atoms with E-state index in [1.807, 2.05) is 50.4 Å². The second-order valence-corrected chi connectivity index (χ2v) is 7.81. The van der Waals surface area contributed by atoms with Gasteiger partial charge in [-0.25, -0.2) is 4.68 Å². The van der Waals surface area contributed by atoms with Crippen molar-refractivity contribution in [3.8, 4) is 5.69 Å². The molecule has 3 rings (SSSR count). The van der Waals surface area contributed by atoms with Crippen molar-refractivity contribution in [1.29, 1.82) is 0 Å². The topological polar surface area (TPSA) is 70.5 Å². The van der Waals surface area contributed by atoms with E-state index in [0.717, 1.165) is 37.3 Å². The Balaban J connectivity index is 1.90. The van der Waals surface area contributed by atoms with Gasteiger partial charge < -0.3 is 10.2 Å². The van der Waals surface area contributed by atoms with Gasteiger partial charge in [0.1, 0.15) is 0 Å². The molecule has 1 aliphatic rings. The van der Waals surface area contributed by atoms with E-state index < -0.39 is 0 Å². The predicted octanol–water partition coefficient (Wildman–Crippen LogP) is 2.28. The first-order valence-corrected chi connectivity index (χ1v) is 10.3. The minimum absolute atomic E-state index is 0.0979. The SMILES string of the molecule is CCNC(=O)c1cn(-c2ccccc2)nc1[C@@H]1CCCN([C@@H](C)C(=O)N(C)C)C1. The highest BCUT2D eigenvalue weighted by atomic mass is 16.2. The standard InChI is InChI=1S/C22H31N5O2/c1-5-23-21(28)19-15-27(18-11-7-6-8-12-18)24-20(19)17-10-9-13-26(14-17)16(2)22(29)25(3)4/h6-8,11-12,15-17H,5,9-10,13-14H2,1-4H3,(H,23,28)/t16-,17+/m0/s1. The van der Waals surface area contributed by atoms with E-state index in [2.05, 4.69) is 10.2 Å². The Morgan fingerprint density at radius 2 is 2.00 bits per heavy atom. The van der Waals surface area contributed by atoms with E-state index in [9.17, 15) is 9.59 Å². The summed E-state index contributed by atoms with van der Waals surface area (Å²) in [5, 5.41) is 7.72. The van der Waals surface area contributed by atoms with E-state index in [0.29, 0.717) is 12.1 Å². The minimum Gasteiger partial charge on any atom is -0.352 e. The Morgan fingerprint density at radius 1 is 1.28 bits per heavy atom. The van der Waals surface area contributed by atoms with Crippen LogP contribution in [-0.2, 0) is 4.79 Å². The van der Waals surface area contributed by atoms with Gasteiger partial charge in [0.05, 0.1) is 23.0 Å². The second-order valence-electron chi connectivity index (χ2n) is 7.81.